The van der Waals surface area contributed by atoms with E-state index >= 15 is 0 Å². The van der Waals surface area contributed by atoms with E-state index in [0.717, 1.165) is 39.0 Å². The maximum absolute atomic E-state index is 9.85. The first-order valence-corrected chi connectivity index (χ1v) is 35.9. The Morgan fingerprint density at radius 1 is 0.238 bits per heavy atom. The van der Waals surface area contributed by atoms with Crippen LogP contribution >= 0.6 is 91.1 Å². The molecule has 0 fully saturated rings. The summed E-state index contributed by atoms with van der Waals surface area (Å²) in [4.78, 5) is 191. The Morgan fingerprint density at radius 3 is 0.381 bits per heavy atom. The minimum Gasteiger partial charge on any atom is -0.330 e. The Labute approximate surface area is 354 Å². The first-order valence-electron chi connectivity index (χ1n) is 14.3. The molecule has 39 nitrogen and oxygen atoms in total. The van der Waals surface area contributed by atoms with Gasteiger partial charge in [-0.05, 0) is 39.0 Å². The van der Waals surface area contributed by atoms with Crippen molar-refractivity contribution in [2.24, 2.45) is 11.5 Å². The Morgan fingerprint density at radius 2 is 0.333 bits per heavy atom. The molecule has 0 radical (unpaired) electrons. The fraction of sp³-hybridized carbons (Fsp3) is 1.00. The summed E-state index contributed by atoms with van der Waals surface area (Å²) in [6, 6.07) is 0. The van der Waals surface area contributed by atoms with Crippen LogP contribution in [0.2, 0.25) is 0 Å². The van der Waals surface area contributed by atoms with Gasteiger partial charge in [0.2, 0.25) is 0 Å². The van der Waals surface area contributed by atoms with Gasteiger partial charge in [-0.2, -0.15) is 0 Å². The quantitative estimate of drug-likeness (QED) is 0.0452. The van der Waals surface area contributed by atoms with E-state index in [1.54, 1.807) is 0 Å². The number of hydrogen-bond donors (Lipinski definition) is 27. The maximum Gasteiger partial charge on any atom is 0.337 e. The van der Waals surface area contributed by atoms with E-state index < -0.39 is 127 Å². The topological polar surface area (TPSA) is 754 Å². The predicted molar refractivity (Wildman–Crippen MR) is 214 cm³/mol. The highest BCUT2D eigenvalue weighted by Crippen LogP contribution is 2.54. The fourth-order valence-corrected chi connectivity index (χ4v) is 13.5. The summed E-state index contributed by atoms with van der Waals surface area (Å²) in [6.07, 6.45) is 2.12. The first-order chi connectivity index (χ1) is 26.7. The van der Waals surface area contributed by atoms with Crippen molar-refractivity contribution in [3.05, 3.63) is 0 Å². The van der Waals surface area contributed by atoms with Gasteiger partial charge < -0.3 is 134 Å². The standard InChI is InChI=1S/C6H17N3.6CH6O6P2/c7-3-1-5-9-6-2-4-8;6*2-8(3,4)1-9(5,6)7/h9H,1-8H2;6*1H2,(H2,2,3,4)(H2,5,6,7). The third kappa shape index (κ3) is 127. The lowest BCUT2D eigenvalue weighted by Gasteiger charge is -2.03. The highest BCUT2D eigenvalue weighted by atomic mass is 31.3. The van der Waals surface area contributed by atoms with Crippen LogP contribution in [0.25, 0.3) is 0 Å². The van der Waals surface area contributed by atoms with Crippen LogP contribution < -0.4 is 16.8 Å². The zero-order valence-electron chi connectivity index (χ0n) is 31.1. The molecule has 0 atom stereocenters. The van der Waals surface area contributed by atoms with Gasteiger partial charge in [0, 0.05) is 0 Å². The van der Waals surface area contributed by atoms with Gasteiger partial charge in [-0.3, -0.25) is 54.8 Å². The molecule has 0 unspecified atom stereocenters. The molecule has 0 spiro atoms. The molecule has 63 heavy (non-hydrogen) atoms. The molecule has 0 aliphatic heterocycles. The van der Waals surface area contributed by atoms with Crippen molar-refractivity contribution in [3.63, 3.8) is 0 Å². The van der Waals surface area contributed by atoms with Gasteiger partial charge in [-0.1, -0.05) is 0 Å². The summed E-state index contributed by atoms with van der Waals surface area (Å²) in [7, 11) is -54.6. The van der Waals surface area contributed by atoms with E-state index in [1.165, 1.54) is 0 Å². The Kier molecular flexibility index (Phi) is 41.7. The molecule has 51 heteroatoms. The average molecular weight is 1190 g/mol. The van der Waals surface area contributed by atoms with Crippen LogP contribution in [-0.2, 0) is 54.8 Å². The molecule has 392 valence electrons. The maximum atomic E-state index is 9.85. The van der Waals surface area contributed by atoms with Gasteiger partial charge >= 0.3 is 91.1 Å². The molecule has 0 aliphatic carbocycles. The second-order valence-electron chi connectivity index (χ2n) is 10.9. The Bertz CT molecular complexity index is 1380. The van der Waals surface area contributed by atoms with Crippen LogP contribution in [0.4, 0.5) is 0 Å². The molecule has 0 aromatic carbocycles. The van der Waals surface area contributed by atoms with E-state index in [1.807, 2.05) is 0 Å². The van der Waals surface area contributed by atoms with Gasteiger partial charge in [-0.25, -0.2) is 0 Å². The van der Waals surface area contributed by atoms with Gasteiger partial charge in [-0.15, -0.1) is 0 Å². The SMILES string of the molecule is NCCCNCCCN.O=P(O)(O)CP(=O)(O)O.O=P(O)(O)CP(=O)(O)O.O=P(O)(O)CP(=O)(O)O.O=P(O)(O)CP(=O)(O)O.O=P(O)(O)CP(=O)(O)O.O=P(O)(O)CP(=O)(O)O. The lowest BCUT2D eigenvalue weighted by atomic mass is 10.4. The predicted octanol–water partition coefficient (Wildman–Crippen LogP) is -4.93. The molecule has 0 bridgehead atoms. The largest absolute Gasteiger partial charge is 0.337 e. The second-order valence-corrected chi connectivity index (χ2v) is 33.6. The zero-order chi connectivity index (χ0) is 53.2. The number of hydrogen-bond acceptors (Lipinski definition) is 15. The van der Waals surface area contributed by atoms with Gasteiger partial charge in [0.05, 0.1) is 0 Å². The molecular formula is C12H53N3O36P12. The summed E-state index contributed by atoms with van der Waals surface area (Å²) in [5, 5.41) is 3.23. The van der Waals surface area contributed by atoms with Crippen LogP contribution in [0.5, 0.6) is 0 Å². The zero-order valence-corrected chi connectivity index (χ0v) is 41.9. The third-order valence-electron chi connectivity index (χ3n) is 3.33. The molecular weight excluding hydrogens is 1130 g/mol. The van der Waals surface area contributed by atoms with Crippen molar-refractivity contribution < 1.29 is 172 Å². The monoisotopic (exact) mass is 1190 g/mol. The van der Waals surface area contributed by atoms with E-state index in [4.69, 9.17) is 129 Å². The number of nitrogens with one attached hydrogen (secondary N) is 1. The van der Waals surface area contributed by atoms with Crippen molar-refractivity contribution in [2.45, 2.75) is 12.8 Å². The number of rotatable bonds is 18. The normalized spacial score (nSPS) is 13.2. The van der Waals surface area contributed by atoms with Crippen molar-refractivity contribution in [1.29, 1.82) is 0 Å². The summed E-state index contributed by atoms with van der Waals surface area (Å²) >= 11 is 0. The van der Waals surface area contributed by atoms with E-state index in [0.29, 0.717) is 0 Å². The molecule has 29 N–H and O–H groups in total. The average Bonchev–Trinajstić information content (AvgIpc) is 2.77. The smallest absolute Gasteiger partial charge is 0.330 e. The van der Waals surface area contributed by atoms with E-state index in [2.05, 4.69) is 5.32 Å². The minimum absolute atomic E-state index is 0.773. The summed E-state index contributed by atoms with van der Waals surface area (Å²) in [6.45, 7) is 3.60. The lowest BCUT2D eigenvalue weighted by Crippen LogP contribution is -2.21. The lowest BCUT2D eigenvalue weighted by molar-refractivity contribution is 0.352. The number of nitrogens with two attached hydrogens (primary N) is 2. The van der Waals surface area contributed by atoms with Crippen LogP contribution in [0.1, 0.15) is 12.8 Å². The fourth-order valence-electron chi connectivity index (χ4n) is 2.02. The van der Waals surface area contributed by atoms with Crippen molar-refractivity contribution in [3.8, 4) is 0 Å². The minimum atomic E-state index is -4.55. The van der Waals surface area contributed by atoms with E-state index in [9.17, 15) is 54.8 Å². The second kappa shape index (κ2) is 33.3. The molecule has 0 saturated heterocycles. The molecule has 0 heterocycles. The molecule has 0 aliphatic rings. The van der Waals surface area contributed by atoms with E-state index in [-0.39, 0.29) is 0 Å². The van der Waals surface area contributed by atoms with Gasteiger partial charge in [0.25, 0.3) is 0 Å². The third-order valence-corrected chi connectivity index (χ3v) is 21.0. The van der Waals surface area contributed by atoms with Crippen LogP contribution in [0, 0.1) is 0 Å². The van der Waals surface area contributed by atoms with Crippen molar-refractivity contribution in [1.82, 2.24) is 5.32 Å². The Balaban J connectivity index is -0.000000116. The summed E-state index contributed by atoms with van der Waals surface area (Å²) in [5.74, 6) is -8.25. The van der Waals surface area contributed by atoms with Crippen molar-refractivity contribution >= 4 is 91.1 Å². The van der Waals surface area contributed by atoms with Crippen molar-refractivity contribution in [2.75, 3.05) is 61.6 Å². The summed E-state index contributed by atoms with van der Waals surface area (Å²) in [5.41, 5.74) is 10.6. The molecule has 0 aromatic rings. The van der Waals surface area contributed by atoms with Gasteiger partial charge in [0.15, 0.2) is 35.4 Å². The first kappa shape index (κ1) is 78.8. The van der Waals surface area contributed by atoms with Crippen LogP contribution in [0.3, 0.4) is 0 Å². The summed E-state index contributed by atoms with van der Waals surface area (Å²) < 4.78 is 118. The molecule has 0 aromatic heterocycles. The van der Waals surface area contributed by atoms with Crippen LogP contribution in [0.15, 0.2) is 0 Å². The van der Waals surface area contributed by atoms with Gasteiger partial charge in [0.1, 0.15) is 0 Å². The Hall–Kier alpha value is 1.68. The molecule has 0 rings (SSSR count). The highest BCUT2D eigenvalue weighted by molar-refractivity contribution is 7.71. The molecule has 0 saturated carbocycles. The van der Waals surface area contributed by atoms with Crippen LogP contribution in [-0.4, -0.2) is 179 Å². The highest BCUT2D eigenvalue weighted by Gasteiger charge is 2.30. The molecule has 0 amide bonds.